The van der Waals surface area contributed by atoms with Crippen molar-refractivity contribution < 1.29 is 4.74 Å². The van der Waals surface area contributed by atoms with Gasteiger partial charge in [-0.15, -0.1) is 0 Å². The standard InChI is InChI=1S/C8H8N2O/c1-3-7-8(9-4-1)10-5-2-6-11-7/h1,3-5H,2,6H2. The molecule has 1 aromatic rings. The molecule has 3 nitrogen and oxygen atoms in total. The van der Waals surface area contributed by atoms with Crippen LogP contribution in [0.25, 0.3) is 0 Å². The molecule has 0 amide bonds. The van der Waals surface area contributed by atoms with Crippen LogP contribution in [0, 0.1) is 0 Å². The number of aliphatic imine (C=N–C) groups is 1. The molecule has 0 bridgehead atoms. The molecule has 0 radical (unpaired) electrons. The minimum absolute atomic E-state index is 0.685. The van der Waals surface area contributed by atoms with E-state index in [-0.39, 0.29) is 0 Å². The fourth-order valence-corrected chi connectivity index (χ4v) is 0.964. The fraction of sp³-hybridized carbons (Fsp3) is 0.250. The second-order valence-corrected chi connectivity index (χ2v) is 2.27. The largest absolute Gasteiger partial charge is 0.489 e. The fourth-order valence-electron chi connectivity index (χ4n) is 0.964. The Morgan fingerprint density at radius 1 is 1.45 bits per heavy atom. The van der Waals surface area contributed by atoms with Crippen molar-refractivity contribution in [2.75, 3.05) is 6.61 Å². The van der Waals surface area contributed by atoms with Gasteiger partial charge in [-0.2, -0.15) is 0 Å². The van der Waals surface area contributed by atoms with Gasteiger partial charge in [0.25, 0.3) is 0 Å². The SMILES string of the molecule is C1=Nc2ncccc2OCC1. The smallest absolute Gasteiger partial charge is 0.194 e. The van der Waals surface area contributed by atoms with E-state index < -0.39 is 0 Å². The summed E-state index contributed by atoms with van der Waals surface area (Å²) in [6, 6.07) is 3.73. The van der Waals surface area contributed by atoms with E-state index in [1.54, 1.807) is 6.20 Å². The van der Waals surface area contributed by atoms with Crippen molar-refractivity contribution in [1.29, 1.82) is 0 Å². The summed E-state index contributed by atoms with van der Waals surface area (Å²) in [5.74, 6) is 1.46. The first-order valence-electron chi connectivity index (χ1n) is 3.57. The van der Waals surface area contributed by atoms with Crippen LogP contribution in [0.4, 0.5) is 5.82 Å². The lowest BCUT2D eigenvalue weighted by molar-refractivity contribution is 0.333. The van der Waals surface area contributed by atoms with Crippen LogP contribution in [-0.2, 0) is 0 Å². The van der Waals surface area contributed by atoms with Crippen LogP contribution < -0.4 is 4.74 Å². The normalized spacial score (nSPS) is 14.9. The molecule has 0 fully saturated rings. The summed E-state index contributed by atoms with van der Waals surface area (Å²) < 4.78 is 5.36. The monoisotopic (exact) mass is 148 g/mol. The maximum atomic E-state index is 5.36. The van der Waals surface area contributed by atoms with Crippen LogP contribution in [0.5, 0.6) is 5.75 Å². The third-order valence-electron chi connectivity index (χ3n) is 1.47. The zero-order valence-corrected chi connectivity index (χ0v) is 6.03. The van der Waals surface area contributed by atoms with E-state index in [2.05, 4.69) is 9.98 Å². The van der Waals surface area contributed by atoms with Gasteiger partial charge in [-0.05, 0) is 12.1 Å². The van der Waals surface area contributed by atoms with E-state index >= 15 is 0 Å². The van der Waals surface area contributed by atoms with Gasteiger partial charge in [0.05, 0.1) is 6.61 Å². The molecule has 0 aromatic carbocycles. The maximum Gasteiger partial charge on any atom is 0.194 e. The van der Waals surface area contributed by atoms with E-state index in [0.717, 1.165) is 12.2 Å². The number of pyridine rings is 1. The van der Waals surface area contributed by atoms with Crippen LogP contribution in [0.3, 0.4) is 0 Å². The van der Waals surface area contributed by atoms with Crippen molar-refractivity contribution in [3.05, 3.63) is 18.3 Å². The second-order valence-electron chi connectivity index (χ2n) is 2.27. The summed E-state index contributed by atoms with van der Waals surface area (Å²) in [6.45, 7) is 0.697. The third kappa shape index (κ3) is 1.22. The Labute approximate surface area is 64.7 Å². The van der Waals surface area contributed by atoms with Crippen LogP contribution in [-0.4, -0.2) is 17.8 Å². The van der Waals surface area contributed by atoms with E-state index in [0.29, 0.717) is 12.4 Å². The lowest BCUT2D eigenvalue weighted by Crippen LogP contribution is -1.94. The molecule has 0 N–H and O–H groups in total. The van der Waals surface area contributed by atoms with Crippen molar-refractivity contribution in [2.24, 2.45) is 4.99 Å². The lowest BCUT2D eigenvalue weighted by atomic mass is 10.4. The zero-order chi connectivity index (χ0) is 7.52. The van der Waals surface area contributed by atoms with Gasteiger partial charge in [0, 0.05) is 18.8 Å². The highest BCUT2D eigenvalue weighted by Gasteiger charge is 2.03. The number of nitrogens with zero attached hydrogens (tertiary/aromatic N) is 2. The molecule has 0 spiro atoms. The molecule has 11 heavy (non-hydrogen) atoms. The van der Waals surface area contributed by atoms with Crippen molar-refractivity contribution in [3.63, 3.8) is 0 Å². The molecule has 1 aliphatic heterocycles. The Bertz CT molecular complexity index is 283. The van der Waals surface area contributed by atoms with Gasteiger partial charge >= 0.3 is 0 Å². The van der Waals surface area contributed by atoms with Gasteiger partial charge in [-0.1, -0.05) is 0 Å². The summed E-state index contributed by atoms with van der Waals surface area (Å²) in [5.41, 5.74) is 0. The number of aromatic nitrogens is 1. The van der Waals surface area contributed by atoms with E-state index in [4.69, 9.17) is 4.74 Å². The molecule has 3 heteroatoms. The van der Waals surface area contributed by atoms with Crippen molar-refractivity contribution >= 4 is 12.0 Å². The predicted octanol–water partition coefficient (Wildman–Crippen LogP) is 1.57. The predicted molar refractivity (Wildman–Crippen MR) is 42.5 cm³/mol. The molecular formula is C8H8N2O. The quantitative estimate of drug-likeness (QED) is 0.559. The molecule has 56 valence electrons. The number of rotatable bonds is 0. The molecule has 2 rings (SSSR count). The van der Waals surface area contributed by atoms with E-state index in [9.17, 15) is 0 Å². The van der Waals surface area contributed by atoms with E-state index in [1.165, 1.54) is 0 Å². The molecule has 0 saturated heterocycles. The van der Waals surface area contributed by atoms with Gasteiger partial charge in [0.2, 0.25) is 0 Å². The Morgan fingerprint density at radius 2 is 2.45 bits per heavy atom. The molecular weight excluding hydrogens is 140 g/mol. The first kappa shape index (κ1) is 6.34. The van der Waals surface area contributed by atoms with Crippen molar-refractivity contribution in [1.82, 2.24) is 4.98 Å². The molecule has 2 heterocycles. The summed E-state index contributed by atoms with van der Waals surface area (Å²) in [6.07, 6.45) is 4.40. The molecule has 1 aliphatic rings. The molecule has 0 aliphatic carbocycles. The van der Waals surface area contributed by atoms with Gasteiger partial charge in [0.1, 0.15) is 0 Å². The maximum absolute atomic E-state index is 5.36. The number of fused-ring (bicyclic) bond motifs is 1. The van der Waals surface area contributed by atoms with Gasteiger partial charge in [-0.3, -0.25) is 0 Å². The van der Waals surface area contributed by atoms with Gasteiger partial charge in [0.15, 0.2) is 11.6 Å². The lowest BCUT2D eigenvalue weighted by Gasteiger charge is -2.01. The zero-order valence-electron chi connectivity index (χ0n) is 6.03. The summed E-state index contributed by atoms with van der Waals surface area (Å²) in [4.78, 5) is 8.18. The Kier molecular flexibility index (Phi) is 1.55. The molecule has 1 aromatic heterocycles. The van der Waals surface area contributed by atoms with Crippen molar-refractivity contribution in [3.8, 4) is 5.75 Å². The number of hydrogen-bond donors (Lipinski definition) is 0. The molecule has 0 unspecified atom stereocenters. The summed E-state index contributed by atoms with van der Waals surface area (Å²) in [7, 11) is 0. The Morgan fingerprint density at radius 3 is 3.45 bits per heavy atom. The topological polar surface area (TPSA) is 34.5 Å². The number of hydrogen-bond acceptors (Lipinski definition) is 3. The Balaban J connectivity index is 2.45. The van der Waals surface area contributed by atoms with E-state index in [1.807, 2.05) is 18.3 Å². The minimum atomic E-state index is 0.685. The van der Waals surface area contributed by atoms with Crippen molar-refractivity contribution in [2.45, 2.75) is 6.42 Å². The molecule has 0 atom stereocenters. The highest BCUT2D eigenvalue weighted by molar-refractivity contribution is 5.65. The highest BCUT2D eigenvalue weighted by Crippen LogP contribution is 2.24. The molecule has 0 saturated carbocycles. The van der Waals surface area contributed by atoms with Gasteiger partial charge in [-0.25, -0.2) is 9.98 Å². The number of ether oxygens (including phenoxy) is 1. The highest BCUT2D eigenvalue weighted by atomic mass is 16.5. The second kappa shape index (κ2) is 2.70. The van der Waals surface area contributed by atoms with Crippen LogP contribution in [0.15, 0.2) is 23.3 Å². The average Bonchev–Trinajstić information content (AvgIpc) is 2.28. The average molecular weight is 148 g/mol. The first-order valence-corrected chi connectivity index (χ1v) is 3.57. The minimum Gasteiger partial charge on any atom is -0.489 e. The third-order valence-corrected chi connectivity index (χ3v) is 1.47. The first-order chi connectivity index (χ1) is 5.47. The Hall–Kier alpha value is -1.38. The van der Waals surface area contributed by atoms with Crippen LogP contribution >= 0.6 is 0 Å². The van der Waals surface area contributed by atoms with Crippen LogP contribution in [0.2, 0.25) is 0 Å². The van der Waals surface area contributed by atoms with Crippen LogP contribution in [0.1, 0.15) is 6.42 Å². The summed E-state index contributed by atoms with van der Waals surface area (Å²) >= 11 is 0. The van der Waals surface area contributed by atoms with Gasteiger partial charge < -0.3 is 4.74 Å². The summed E-state index contributed by atoms with van der Waals surface area (Å²) in [5, 5.41) is 0.